The third-order valence-corrected chi connectivity index (χ3v) is 4.57. The zero-order valence-corrected chi connectivity index (χ0v) is 15.1. The number of nitrogens with one attached hydrogen (secondary N) is 1. The third kappa shape index (κ3) is 4.57. The molecule has 0 atom stereocenters. The van der Waals surface area contributed by atoms with Crippen molar-refractivity contribution >= 4 is 5.96 Å². The summed E-state index contributed by atoms with van der Waals surface area (Å²) in [6.45, 7) is 8.67. The summed E-state index contributed by atoms with van der Waals surface area (Å²) in [6.07, 6.45) is 1.77. The summed E-state index contributed by atoms with van der Waals surface area (Å²) in [4.78, 5) is 9.24. The molecule has 0 aliphatic carbocycles. The van der Waals surface area contributed by atoms with E-state index in [-0.39, 0.29) is 0 Å². The van der Waals surface area contributed by atoms with Gasteiger partial charge in [-0.3, -0.25) is 9.89 Å². The monoisotopic (exact) mass is 341 g/mol. The lowest BCUT2D eigenvalue weighted by atomic mass is 10.2. The van der Waals surface area contributed by atoms with Gasteiger partial charge in [-0.25, -0.2) is 0 Å². The molecule has 25 heavy (non-hydrogen) atoms. The van der Waals surface area contributed by atoms with Crippen molar-refractivity contribution in [2.45, 2.75) is 26.6 Å². The van der Waals surface area contributed by atoms with Crippen LogP contribution in [0.4, 0.5) is 0 Å². The van der Waals surface area contributed by atoms with Crippen molar-refractivity contribution in [1.29, 1.82) is 0 Å². The standard InChI is InChI=1S/C18H27N7/c1-3-24-15-21-22-17(24)13-20-18(19-2)25-11-9-23(10-12-25)14-16-7-5-4-6-8-16/h4-8,15H,3,9-14H2,1-2H3,(H,19,20). The van der Waals surface area contributed by atoms with Gasteiger partial charge in [0, 0.05) is 46.3 Å². The predicted octanol–water partition coefficient (Wildman–Crippen LogP) is 1.19. The molecular weight excluding hydrogens is 314 g/mol. The fourth-order valence-corrected chi connectivity index (χ4v) is 3.13. The largest absolute Gasteiger partial charge is 0.349 e. The summed E-state index contributed by atoms with van der Waals surface area (Å²) in [7, 11) is 1.84. The molecule has 1 aromatic heterocycles. The van der Waals surface area contributed by atoms with Crippen molar-refractivity contribution in [3.63, 3.8) is 0 Å². The quantitative estimate of drug-likeness (QED) is 0.654. The minimum Gasteiger partial charge on any atom is -0.349 e. The smallest absolute Gasteiger partial charge is 0.194 e. The Morgan fingerprint density at radius 3 is 2.60 bits per heavy atom. The fraction of sp³-hybridized carbons (Fsp3) is 0.500. The van der Waals surface area contributed by atoms with Crippen molar-refractivity contribution in [3.05, 3.63) is 48.0 Å². The summed E-state index contributed by atoms with van der Waals surface area (Å²) in [5.74, 6) is 1.87. The first-order chi connectivity index (χ1) is 12.3. The molecule has 2 heterocycles. The van der Waals surface area contributed by atoms with Gasteiger partial charge in [0.2, 0.25) is 0 Å². The van der Waals surface area contributed by atoms with Crippen LogP contribution in [0.5, 0.6) is 0 Å². The second kappa shape index (κ2) is 8.62. The van der Waals surface area contributed by atoms with Gasteiger partial charge in [0.25, 0.3) is 0 Å². The van der Waals surface area contributed by atoms with Crippen LogP contribution in [-0.4, -0.2) is 63.8 Å². The van der Waals surface area contributed by atoms with E-state index in [2.05, 4.69) is 67.6 Å². The first-order valence-corrected chi connectivity index (χ1v) is 8.88. The van der Waals surface area contributed by atoms with E-state index in [1.165, 1.54) is 5.56 Å². The van der Waals surface area contributed by atoms with E-state index < -0.39 is 0 Å². The molecule has 7 heteroatoms. The van der Waals surface area contributed by atoms with Crippen molar-refractivity contribution < 1.29 is 0 Å². The van der Waals surface area contributed by atoms with Crippen molar-refractivity contribution in [3.8, 4) is 0 Å². The molecule has 2 aromatic rings. The molecule has 1 fully saturated rings. The average molecular weight is 341 g/mol. The molecule has 7 nitrogen and oxygen atoms in total. The zero-order chi connectivity index (χ0) is 17.5. The highest BCUT2D eigenvalue weighted by Gasteiger charge is 2.19. The Labute approximate surface area is 149 Å². The van der Waals surface area contributed by atoms with Gasteiger partial charge in [-0.15, -0.1) is 10.2 Å². The molecule has 1 aliphatic heterocycles. The number of aromatic nitrogens is 3. The highest BCUT2D eigenvalue weighted by molar-refractivity contribution is 5.79. The van der Waals surface area contributed by atoms with E-state index in [1.54, 1.807) is 6.33 Å². The highest BCUT2D eigenvalue weighted by atomic mass is 15.4. The maximum Gasteiger partial charge on any atom is 0.194 e. The Kier molecular flexibility index (Phi) is 6.00. The summed E-state index contributed by atoms with van der Waals surface area (Å²) in [5.41, 5.74) is 1.37. The normalized spacial score (nSPS) is 16.2. The van der Waals surface area contributed by atoms with Crippen LogP contribution in [0, 0.1) is 0 Å². The van der Waals surface area contributed by atoms with Crippen LogP contribution in [0.15, 0.2) is 41.7 Å². The topological polar surface area (TPSA) is 61.6 Å². The molecule has 1 saturated heterocycles. The Morgan fingerprint density at radius 1 is 1.16 bits per heavy atom. The first-order valence-electron chi connectivity index (χ1n) is 8.88. The minimum atomic E-state index is 0.644. The van der Waals surface area contributed by atoms with E-state index in [0.717, 1.165) is 51.1 Å². The number of rotatable bonds is 5. The van der Waals surface area contributed by atoms with E-state index >= 15 is 0 Å². The van der Waals surface area contributed by atoms with Gasteiger partial charge in [0.05, 0.1) is 6.54 Å². The zero-order valence-electron chi connectivity index (χ0n) is 15.1. The van der Waals surface area contributed by atoms with Crippen molar-refractivity contribution in [2.75, 3.05) is 33.2 Å². The summed E-state index contributed by atoms with van der Waals surface area (Å²) >= 11 is 0. The second-order valence-electron chi connectivity index (χ2n) is 6.18. The van der Waals surface area contributed by atoms with Gasteiger partial charge in [-0.05, 0) is 12.5 Å². The Bertz CT molecular complexity index is 672. The molecular formula is C18H27N7. The number of aliphatic imine (C=N–C) groups is 1. The fourth-order valence-electron chi connectivity index (χ4n) is 3.13. The molecule has 0 unspecified atom stereocenters. The second-order valence-corrected chi connectivity index (χ2v) is 6.18. The minimum absolute atomic E-state index is 0.644. The molecule has 0 saturated carbocycles. The Morgan fingerprint density at radius 2 is 1.92 bits per heavy atom. The predicted molar refractivity (Wildman–Crippen MR) is 99.2 cm³/mol. The Hall–Kier alpha value is -2.41. The molecule has 1 N–H and O–H groups in total. The van der Waals surface area contributed by atoms with E-state index in [4.69, 9.17) is 0 Å². The number of guanidine groups is 1. The number of hydrogen-bond acceptors (Lipinski definition) is 4. The molecule has 0 bridgehead atoms. The molecule has 1 aliphatic rings. The van der Waals surface area contributed by atoms with Crippen LogP contribution in [-0.2, 0) is 19.6 Å². The third-order valence-electron chi connectivity index (χ3n) is 4.57. The van der Waals surface area contributed by atoms with Gasteiger partial charge in [0.1, 0.15) is 6.33 Å². The molecule has 134 valence electrons. The maximum atomic E-state index is 4.43. The number of benzene rings is 1. The summed E-state index contributed by atoms with van der Waals surface area (Å²) in [5, 5.41) is 11.6. The molecule has 3 rings (SSSR count). The number of piperazine rings is 1. The lowest BCUT2D eigenvalue weighted by molar-refractivity contribution is 0.172. The number of nitrogens with zero attached hydrogens (tertiary/aromatic N) is 6. The van der Waals surface area contributed by atoms with Crippen LogP contribution < -0.4 is 5.32 Å². The van der Waals surface area contributed by atoms with Crippen LogP contribution in [0.25, 0.3) is 0 Å². The van der Waals surface area contributed by atoms with Crippen LogP contribution in [0.3, 0.4) is 0 Å². The Balaban J connectivity index is 1.49. The molecule has 0 amide bonds. The molecule has 1 aromatic carbocycles. The maximum absolute atomic E-state index is 4.43. The van der Waals surface area contributed by atoms with Crippen LogP contribution in [0.1, 0.15) is 18.3 Å². The first kappa shape index (κ1) is 17.4. The van der Waals surface area contributed by atoms with Crippen molar-refractivity contribution in [1.82, 2.24) is 29.9 Å². The van der Waals surface area contributed by atoms with Gasteiger partial charge >= 0.3 is 0 Å². The average Bonchev–Trinajstić information content (AvgIpc) is 3.12. The molecule has 0 radical (unpaired) electrons. The van der Waals surface area contributed by atoms with E-state index in [9.17, 15) is 0 Å². The lowest BCUT2D eigenvalue weighted by Crippen LogP contribution is -2.52. The number of aryl methyl sites for hydroxylation is 1. The van der Waals surface area contributed by atoms with E-state index in [1.807, 2.05) is 11.6 Å². The summed E-state index contributed by atoms with van der Waals surface area (Å²) in [6, 6.07) is 10.7. The van der Waals surface area contributed by atoms with E-state index in [0.29, 0.717) is 6.54 Å². The van der Waals surface area contributed by atoms with Crippen molar-refractivity contribution in [2.24, 2.45) is 4.99 Å². The lowest BCUT2D eigenvalue weighted by Gasteiger charge is -2.36. The van der Waals surface area contributed by atoms with Crippen LogP contribution >= 0.6 is 0 Å². The highest BCUT2D eigenvalue weighted by Crippen LogP contribution is 2.08. The van der Waals surface area contributed by atoms with Gasteiger partial charge < -0.3 is 14.8 Å². The van der Waals surface area contributed by atoms with Gasteiger partial charge in [-0.1, -0.05) is 30.3 Å². The SMILES string of the molecule is CCn1cnnc1CNC(=NC)N1CCN(Cc2ccccc2)CC1. The number of hydrogen-bond donors (Lipinski definition) is 1. The van der Waals surface area contributed by atoms with Gasteiger partial charge in [-0.2, -0.15) is 0 Å². The molecule has 0 spiro atoms. The van der Waals surface area contributed by atoms with Crippen LogP contribution in [0.2, 0.25) is 0 Å². The summed E-state index contributed by atoms with van der Waals surface area (Å²) < 4.78 is 2.04. The van der Waals surface area contributed by atoms with Gasteiger partial charge in [0.15, 0.2) is 11.8 Å².